The van der Waals surface area contributed by atoms with E-state index in [1.165, 1.54) is 51.6 Å². The average Bonchev–Trinajstić information content (AvgIpc) is 2.71. The topological polar surface area (TPSA) is 23.5 Å². The lowest BCUT2D eigenvalue weighted by Gasteiger charge is -2.37. The number of piperidine rings is 1. The van der Waals surface area contributed by atoms with Crippen LogP contribution >= 0.6 is 0 Å². The molecule has 0 spiro atoms. The van der Waals surface area contributed by atoms with E-state index in [2.05, 4.69) is 11.8 Å². The second-order valence-corrected chi connectivity index (χ2v) is 5.82. The maximum Gasteiger partial charge on any atom is 0.0499 e. The van der Waals surface area contributed by atoms with E-state index in [1.807, 2.05) is 0 Å². The van der Waals surface area contributed by atoms with E-state index in [4.69, 9.17) is 0 Å². The van der Waals surface area contributed by atoms with Gasteiger partial charge in [0.25, 0.3) is 0 Å². The van der Waals surface area contributed by atoms with Crippen molar-refractivity contribution in [1.29, 1.82) is 0 Å². The van der Waals surface area contributed by atoms with Gasteiger partial charge in [0.15, 0.2) is 0 Å². The van der Waals surface area contributed by atoms with Gasteiger partial charge in [0.05, 0.1) is 0 Å². The molecule has 88 valence electrons. The summed E-state index contributed by atoms with van der Waals surface area (Å²) in [7, 11) is 0. The third kappa shape index (κ3) is 2.73. The van der Waals surface area contributed by atoms with Crippen molar-refractivity contribution in [2.24, 2.45) is 11.3 Å². The van der Waals surface area contributed by atoms with Crippen LogP contribution in [0.5, 0.6) is 0 Å². The molecule has 0 bridgehead atoms. The van der Waals surface area contributed by atoms with Crippen molar-refractivity contribution in [3.63, 3.8) is 0 Å². The molecule has 0 amide bonds. The predicted molar refractivity (Wildman–Crippen MR) is 62.8 cm³/mol. The highest BCUT2D eigenvalue weighted by Gasteiger charge is 2.35. The Kier molecular flexibility index (Phi) is 3.68. The van der Waals surface area contributed by atoms with Crippen LogP contribution in [0.15, 0.2) is 0 Å². The molecule has 0 aromatic carbocycles. The van der Waals surface area contributed by atoms with E-state index in [9.17, 15) is 5.11 Å². The van der Waals surface area contributed by atoms with Crippen LogP contribution in [0.1, 0.15) is 45.4 Å². The molecule has 1 N–H and O–H groups in total. The minimum absolute atomic E-state index is 0.264. The predicted octanol–water partition coefficient (Wildman–Crippen LogP) is 2.27. The molecular formula is C13H25NO. The van der Waals surface area contributed by atoms with Crippen LogP contribution in [0, 0.1) is 11.3 Å². The fourth-order valence-electron chi connectivity index (χ4n) is 3.19. The Morgan fingerprint density at radius 1 is 1.20 bits per heavy atom. The molecule has 2 heteroatoms. The lowest BCUT2D eigenvalue weighted by Crippen LogP contribution is -2.42. The molecule has 1 aliphatic carbocycles. The summed E-state index contributed by atoms with van der Waals surface area (Å²) in [6, 6.07) is 0. The van der Waals surface area contributed by atoms with Crippen molar-refractivity contribution in [2.45, 2.75) is 45.4 Å². The van der Waals surface area contributed by atoms with Gasteiger partial charge in [-0.05, 0) is 44.7 Å². The summed E-state index contributed by atoms with van der Waals surface area (Å²) in [5, 5.41) is 9.57. The lowest BCUT2D eigenvalue weighted by atomic mass is 9.85. The van der Waals surface area contributed by atoms with E-state index < -0.39 is 0 Å². The zero-order valence-corrected chi connectivity index (χ0v) is 10.0. The zero-order chi connectivity index (χ0) is 10.7. The summed E-state index contributed by atoms with van der Waals surface area (Å²) in [6.45, 7) is 6.41. The standard InChI is InChI=1S/C13H25NO/c1-12-4-8-14(9-5-12)10-13(11-15)6-2-3-7-13/h12,15H,2-11H2,1H3. The van der Waals surface area contributed by atoms with Gasteiger partial charge in [-0.2, -0.15) is 0 Å². The van der Waals surface area contributed by atoms with Crippen LogP contribution in [-0.2, 0) is 0 Å². The van der Waals surface area contributed by atoms with Gasteiger partial charge < -0.3 is 10.0 Å². The van der Waals surface area contributed by atoms with E-state index in [0.717, 1.165) is 12.5 Å². The molecule has 1 saturated carbocycles. The van der Waals surface area contributed by atoms with Gasteiger partial charge in [-0.15, -0.1) is 0 Å². The highest BCUT2D eigenvalue weighted by Crippen LogP contribution is 2.38. The first-order chi connectivity index (χ1) is 7.24. The maximum atomic E-state index is 9.57. The van der Waals surface area contributed by atoms with E-state index >= 15 is 0 Å². The Hall–Kier alpha value is -0.0800. The molecule has 0 unspecified atom stereocenters. The summed E-state index contributed by atoms with van der Waals surface area (Å²) in [5.74, 6) is 0.912. The van der Waals surface area contributed by atoms with Crippen molar-refractivity contribution in [2.75, 3.05) is 26.2 Å². The van der Waals surface area contributed by atoms with Crippen molar-refractivity contribution in [1.82, 2.24) is 4.90 Å². The molecule has 0 aromatic heterocycles. The van der Waals surface area contributed by atoms with E-state index in [-0.39, 0.29) is 5.41 Å². The van der Waals surface area contributed by atoms with E-state index in [0.29, 0.717) is 6.61 Å². The Bertz CT molecular complexity index is 191. The quantitative estimate of drug-likeness (QED) is 0.774. The van der Waals surface area contributed by atoms with Gasteiger partial charge in [-0.25, -0.2) is 0 Å². The first kappa shape index (κ1) is 11.4. The molecule has 2 aliphatic rings. The molecule has 2 rings (SSSR count). The summed E-state index contributed by atoms with van der Waals surface area (Å²) in [6.07, 6.45) is 7.84. The molecule has 1 aliphatic heterocycles. The summed E-state index contributed by atoms with van der Waals surface area (Å²) in [5.41, 5.74) is 0.264. The Labute approximate surface area is 93.7 Å². The molecular weight excluding hydrogens is 186 g/mol. The Morgan fingerprint density at radius 2 is 1.80 bits per heavy atom. The van der Waals surface area contributed by atoms with Crippen LogP contribution in [0.4, 0.5) is 0 Å². The minimum atomic E-state index is 0.264. The lowest BCUT2D eigenvalue weighted by molar-refractivity contribution is 0.0627. The molecule has 0 aromatic rings. The number of aliphatic hydroxyl groups excluding tert-OH is 1. The number of likely N-dealkylation sites (tertiary alicyclic amines) is 1. The molecule has 1 saturated heterocycles. The van der Waals surface area contributed by atoms with Crippen molar-refractivity contribution in [3.8, 4) is 0 Å². The zero-order valence-electron chi connectivity index (χ0n) is 10.0. The summed E-state index contributed by atoms with van der Waals surface area (Å²) < 4.78 is 0. The first-order valence-corrected chi connectivity index (χ1v) is 6.57. The van der Waals surface area contributed by atoms with Crippen LogP contribution in [-0.4, -0.2) is 36.2 Å². The van der Waals surface area contributed by atoms with Gasteiger partial charge in [-0.1, -0.05) is 19.8 Å². The number of nitrogens with zero attached hydrogens (tertiary/aromatic N) is 1. The van der Waals surface area contributed by atoms with Gasteiger partial charge in [-0.3, -0.25) is 0 Å². The summed E-state index contributed by atoms with van der Waals surface area (Å²) in [4.78, 5) is 2.58. The largest absolute Gasteiger partial charge is 0.396 e. The fraction of sp³-hybridized carbons (Fsp3) is 1.00. The second-order valence-electron chi connectivity index (χ2n) is 5.82. The van der Waals surface area contributed by atoms with Crippen LogP contribution in [0.2, 0.25) is 0 Å². The van der Waals surface area contributed by atoms with E-state index in [1.54, 1.807) is 0 Å². The van der Waals surface area contributed by atoms with Gasteiger partial charge >= 0.3 is 0 Å². The second kappa shape index (κ2) is 4.84. The maximum absolute atomic E-state index is 9.57. The van der Waals surface area contributed by atoms with Crippen molar-refractivity contribution < 1.29 is 5.11 Å². The van der Waals surface area contributed by atoms with Gasteiger partial charge in [0, 0.05) is 18.6 Å². The molecule has 15 heavy (non-hydrogen) atoms. The number of hydrogen-bond donors (Lipinski definition) is 1. The fourth-order valence-corrected chi connectivity index (χ4v) is 3.19. The Balaban J connectivity index is 1.84. The third-order valence-electron chi connectivity index (χ3n) is 4.43. The normalized spacial score (nSPS) is 28.4. The number of aliphatic hydroxyl groups is 1. The minimum Gasteiger partial charge on any atom is -0.396 e. The monoisotopic (exact) mass is 211 g/mol. The van der Waals surface area contributed by atoms with Crippen molar-refractivity contribution in [3.05, 3.63) is 0 Å². The molecule has 2 nitrogen and oxygen atoms in total. The highest BCUT2D eigenvalue weighted by atomic mass is 16.3. The van der Waals surface area contributed by atoms with Crippen LogP contribution in [0.25, 0.3) is 0 Å². The Morgan fingerprint density at radius 3 is 2.33 bits per heavy atom. The molecule has 2 fully saturated rings. The molecule has 0 atom stereocenters. The van der Waals surface area contributed by atoms with Gasteiger partial charge in [0.1, 0.15) is 0 Å². The van der Waals surface area contributed by atoms with Crippen LogP contribution in [0.3, 0.4) is 0 Å². The van der Waals surface area contributed by atoms with Crippen molar-refractivity contribution >= 4 is 0 Å². The summed E-state index contributed by atoms with van der Waals surface area (Å²) >= 11 is 0. The highest BCUT2D eigenvalue weighted by molar-refractivity contribution is 4.88. The smallest absolute Gasteiger partial charge is 0.0499 e. The number of rotatable bonds is 3. The van der Waals surface area contributed by atoms with Gasteiger partial charge in [0.2, 0.25) is 0 Å². The number of hydrogen-bond acceptors (Lipinski definition) is 2. The first-order valence-electron chi connectivity index (χ1n) is 6.57. The molecule has 1 heterocycles. The SMILES string of the molecule is CC1CCN(CC2(CO)CCCC2)CC1. The third-order valence-corrected chi connectivity index (χ3v) is 4.43. The average molecular weight is 211 g/mol. The molecule has 0 radical (unpaired) electrons. The van der Waals surface area contributed by atoms with Crippen LogP contribution < -0.4 is 0 Å².